The summed E-state index contributed by atoms with van der Waals surface area (Å²) in [6, 6.07) is 6.94. The van der Waals surface area contributed by atoms with Crippen LogP contribution >= 0.6 is 0 Å². The lowest BCUT2D eigenvalue weighted by Crippen LogP contribution is -2.41. The molecule has 1 amide bonds. The van der Waals surface area contributed by atoms with Crippen LogP contribution in [0.1, 0.15) is 15.9 Å². The average molecular weight is 290 g/mol. The highest BCUT2D eigenvalue weighted by Crippen LogP contribution is 2.18. The minimum Gasteiger partial charge on any atom is -0.382 e. The molecule has 1 rings (SSSR count). The van der Waals surface area contributed by atoms with Crippen LogP contribution in [0, 0.1) is 6.92 Å². The normalized spacial score (nSPS) is 13.1. The number of amides is 1. The molecule has 0 fully saturated rings. The number of rotatable bonds is 6. The van der Waals surface area contributed by atoms with Gasteiger partial charge in [0.2, 0.25) is 0 Å². The molecule has 1 aromatic carbocycles. The van der Waals surface area contributed by atoms with Crippen LogP contribution in [0.4, 0.5) is 13.2 Å². The fourth-order valence-electron chi connectivity index (χ4n) is 1.43. The Morgan fingerprint density at radius 1 is 1.25 bits per heavy atom. The van der Waals surface area contributed by atoms with Gasteiger partial charge in [0.05, 0.1) is 0 Å². The van der Waals surface area contributed by atoms with E-state index in [4.69, 9.17) is 5.11 Å². The van der Waals surface area contributed by atoms with Gasteiger partial charge in [0.1, 0.15) is 0 Å². The van der Waals surface area contributed by atoms with E-state index in [0.717, 1.165) is 5.56 Å². The number of benzene rings is 1. The number of carbonyl (C=O) groups excluding carboxylic acids is 1. The van der Waals surface area contributed by atoms with Gasteiger partial charge >= 0.3 is 6.18 Å². The van der Waals surface area contributed by atoms with E-state index in [9.17, 15) is 18.0 Å². The number of aryl methyl sites for hydroxylation is 1. The van der Waals surface area contributed by atoms with Crippen LogP contribution in [-0.2, 0) is 0 Å². The van der Waals surface area contributed by atoms with Crippen LogP contribution < -0.4 is 10.6 Å². The van der Waals surface area contributed by atoms with Gasteiger partial charge < -0.3 is 15.7 Å². The highest BCUT2D eigenvalue weighted by atomic mass is 19.4. The number of hydrogen-bond donors (Lipinski definition) is 3. The molecule has 112 valence electrons. The van der Waals surface area contributed by atoms with Gasteiger partial charge in [-0.25, -0.2) is 0 Å². The number of halogens is 3. The predicted octanol–water partition coefficient (Wildman–Crippen LogP) is 1.24. The van der Waals surface area contributed by atoms with Crippen molar-refractivity contribution in [2.24, 2.45) is 0 Å². The molecule has 0 saturated heterocycles. The maximum absolute atomic E-state index is 12.0. The van der Waals surface area contributed by atoms with Crippen molar-refractivity contribution in [2.75, 3.05) is 19.6 Å². The van der Waals surface area contributed by atoms with Crippen LogP contribution in [0.2, 0.25) is 0 Å². The van der Waals surface area contributed by atoms with Gasteiger partial charge in [-0.2, -0.15) is 13.2 Å². The number of carbonyl (C=O) groups is 1. The molecule has 1 unspecified atom stereocenters. The number of aliphatic hydroxyl groups excluding tert-OH is 1. The first-order chi connectivity index (χ1) is 9.30. The van der Waals surface area contributed by atoms with Crippen LogP contribution in [0.5, 0.6) is 0 Å². The molecule has 4 nitrogen and oxygen atoms in total. The predicted molar refractivity (Wildman–Crippen MR) is 68.4 cm³/mol. The summed E-state index contributed by atoms with van der Waals surface area (Å²) in [4.78, 5) is 11.6. The van der Waals surface area contributed by atoms with Crippen LogP contribution in [0.25, 0.3) is 0 Å². The van der Waals surface area contributed by atoms with Crippen LogP contribution in [0.15, 0.2) is 24.3 Å². The fourth-order valence-corrected chi connectivity index (χ4v) is 1.43. The van der Waals surface area contributed by atoms with Crippen molar-refractivity contribution in [3.63, 3.8) is 0 Å². The van der Waals surface area contributed by atoms with Crippen LogP contribution in [0.3, 0.4) is 0 Å². The van der Waals surface area contributed by atoms with Gasteiger partial charge in [0.25, 0.3) is 5.91 Å². The van der Waals surface area contributed by atoms with E-state index in [-0.39, 0.29) is 19.0 Å². The third kappa shape index (κ3) is 5.58. The molecule has 0 spiro atoms. The largest absolute Gasteiger partial charge is 0.415 e. The number of hydrogen-bond acceptors (Lipinski definition) is 3. The Morgan fingerprint density at radius 3 is 2.40 bits per heavy atom. The van der Waals surface area contributed by atoms with E-state index < -0.39 is 18.8 Å². The van der Waals surface area contributed by atoms with Gasteiger partial charge in [-0.05, 0) is 19.1 Å². The molecule has 0 aliphatic rings. The zero-order valence-electron chi connectivity index (χ0n) is 11.0. The molecule has 0 bridgehead atoms. The Bertz CT molecular complexity index is 432. The SMILES string of the molecule is Cc1ccc(C(=O)NCCNCC(O)C(F)(F)F)cc1. The monoisotopic (exact) mass is 290 g/mol. The Morgan fingerprint density at radius 2 is 1.85 bits per heavy atom. The summed E-state index contributed by atoms with van der Waals surface area (Å²) in [5.41, 5.74) is 1.52. The third-order valence-corrected chi connectivity index (χ3v) is 2.62. The second-order valence-corrected chi connectivity index (χ2v) is 4.38. The van der Waals surface area contributed by atoms with Crippen LogP contribution in [-0.4, -0.2) is 42.9 Å². The summed E-state index contributed by atoms with van der Waals surface area (Å²) in [5.74, 6) is -0.289. The third-order valence-electron chi connectivity index (χ3n) is 2.62. The van der Waals surface area contributed by atoms with Gasteiger partial charge in [0.15, 0.2) is 6.10 Å². The number of aliphatic hydroxyl groups is 1. The van der Waals surface area contributed by atoms with E-state index >= 15 is 0 Å². The molecule has 0 aliphatic heterocycles. The molecule has 0 aromatic heterocycles. The topological polar surface area (TPSA) is 61.4 Å². The summed E-state index contributed by atoms with van der Waals surface area (Å²) in [5, 5.41) is 13.7. The first kappa shape index (κ1) is 16.5. The maximum atomic E-state index is 12.0. The van der Waals surface area contributed by atoms with E-state index in [2.05, 4.69) is 10.6 Å². The van der Waals surface area contributed by atoms with E-state index in [1.807, 2.05) is 6.92 Å². The van der Waals surface area contributed by atoms with Crippen molar-refractivity contribution in [3.05, 3.63) is 35.4 Å². The molecular formula is C13H17F3N2O2. The Labute approximate surface area is 115 Å². The van der Waals surface area contributed by atoms with Gasteiger partial charge in [-0.1, -0.05) is 17.7 Å². The molecule has 20 heavy (non-hydrogen) atoms. The van der Waals surface area contributed by atoms with E-state index in [1.54, 1.807) is 24.3 Å². The first-order valence-electron chi connectivity index (χ1n) is 6.11. The smallest absolute Gasteiger partial charge is 0.382 e. The minimum absolute atomic E-state index is 0.144. The lowest BCUT2D eigenvalue weighted by molar-refractivity contribution is -0.201. The standard InChI is InChI=1S/C13H17F3N2O2/c1-9-2-4-10(5-3-9)12(20)18-7-6-17-8-11(19)13(14,15)16/h2-5,11,17,19H,6-8H2,1H3,(H,18,20). The quantitative estimate of drug-likeness (QED) is 0.691. The highest BCUT2D eigenvalue weighted by Gasteiger charge is 2.37. The highest BCUT2D eigenvalue weighted by molar-refractivity contribution is 5.94. The molecule has 1 aromatic rings. The summed E-state index contributed by atoms with van der Waals surface area (Å²) in [7, 11) is 0. The zero-order valence-corrected chi connectivity index (χ0v) is 11.0. The van der Waals surface area contributed by atoms with E-state index in [0.29, 0.717) is 5.56 Å². The molecular weight excluding hydrogens is 273 g/mol. The summed E-state index contributed by atoms with van der Waals surface area (Å²) in [6.45, 7) is 1.63. The Balaban J connectivity index is 2.21. The molecule has 1 atom stereocenters. The molecule has 0 aliphatic carbocycles. The second kappa shape index (κ2) is 7.25. The van der Waals surface area contributed by atoms with Gasteiger partial charge in [0, 0.05) is 25.2 Å². The Kier molecular flexibility index (Phi) is 5.97. The van der Waals surface area contributed by atoms with E-state index in [1.165, 1.54) is 0 Å². The second-order valence-electron chi connectivity index (χ2n) is 4.38. The summed E-state index contributed by atoms with van der Waals surface area (Å²) >= 11 is 0. The van der Waals surface area contributed by atoms with Crippen molar-refractivity contribution in [3.8, 4) is 0 Å². The number of nitrogens with one attached hydrogen (secondary N) is 2. The lowest BCUT2D eigenvalue weighted by Gasteiger charge is -2.15. The molecule has 0 radical (unpaired) electrons. The Hall–Kier alpha value is -1.60. The van der Waals surface area contributed by atoms with Crippen molar-refractivity contribution >= 4 is 5.91 Å². The maximum Gasteiger partial charge on any atom is 0.415 e. The summed E-state index contributed by atoms with van der Waals surface area (Å²) in [6.07, 6.45) is -7.02. The number of alkyl halides is 3. The van der Waals surface area contributed by atoms with Crippen molar-refractivity contribution in [1.82, 2.24) is 10.6 Å². The first-order valence-corrected chi connectivity index (χ1v) is 6.11. The van der Waals surface area contributed by atoms with Gasteiger partial charge in [-0.15, -0.1) is 0 Å². The fraction of sp³-hybridized carbons (Fsp3) is 0.462. The average Bonchev–Trinajstić information content (AvgIpc) is 2.37. The van der Waals surface area contributed by atoms with Crippen molar-refractivity contribution < 1.29 is 23.1 Å². The van der Waals surface area contributed by atoms with Crippen molar-refractivity contribution in [1.29, 1.82) is 0 Å². The van der Waals surface area contributed by atoms with Gasteiger partial charge in [-0.3, -0.25) is 4.79 Å². The molecule has 0 heterocycles. The molecule has 0 saturated carbocycles. The summed E-state index contributed by atoms with van der Waals surface area (Å²) < 4.78 is 35.9. The van der Waals surface area contributed by atoms with Crippen molar-refractivity contribution in [2.45, 2.75) is 19.2 Å². The molecule has 7 heteroatoms. The zero-order chi connectivity index (χ0) is 15.2. The minimum atomic E-state index is -4.63. The lowest BCUT2D eigenvalue weighted by atomic mass is 10.1. The molecule has 3 N–H and O–H groups in total.